The van der Waals surface area contributed by atoms with Crippen LogP contribution in [0.1, 0.15) is 34.6 Å². The van der Waals surface area contributed by atoms with E-state index in [-0.39, 0.29) is 12.0 Å². The van der Waals surface area contributed by atoms with Gasteiger partial charge in [0, 0.05) is 37.7 Å². The molecule has 0 radical (unpaired) electrons. The lowest BCUT2D eigenvalue weighted by atomic mass is 10.2. The lowest BCUT2D eigenvalue weighted by molar-refractivity contribution is -0.126. The third kappa shape index (κ3) is 8.80. The van der Waals surface area contributed by atoms with Crippen LogP contribution in [0.4, 0.5) is 4.79 Å². The molecule has 1 rings (SSSR count). The molecule has 1 aliphatic rings. The molecule has 138 valence electrons. The molecule has 0 aliphatic carbocycles. The lowest BCUT2D eigenvalue weighted by Crippen LogP contribution is -2.51. The van der Waals surface area contributed by atoms with Gasteiger partial charge >= 0.3 is 6.09 Å². The predicted molar refractivity (Wildman–Crippen MR) is 102 cm³/mol. The molecule has 0 N–H and O–H groups in total. The van der Waals surface area contributed by atoms with Gasteiger partial charge in [0.05, 0.1) is 0 Å². The van der Waals surface area contributed by atoms with E-state index in [0.29, 0.717) is 31.8 Å². The number of hydrogen-bond acceptors (Lipinski definition) is 3. The highest BCUT2D eigenvalue weighted by Gasteiger charge is 2.27. The normalized spacial score (nSPS) is 14.4. The minimum atomic E-state index is -0.520. The Kier molecular flexibility index (Phi) is 10.0. The van der Waals surface area contributed by atoms with Gasteiger partial charge in [0.15, 0.2) is 0 Å². The summed E-state index contributed by atoms with van der Waals surface area (Å²) in [5.41, 5.74) is 0.120. The fourth-order valence-corrected chi connectivity index (χ4v) is 1.91. The van der Waals surface area contributed by atoms with Crippen LogP contribution >= 0.6 is 0 Å². The number of allylic oxidation sites excluding steroid dienone is 4. The van der Waals surface area contributed by atoms with E-state index >= 15 is 0 Å². The lowest BCUT2D eigenvalue weighted by Gasteiger charge is -2.34. The van der Waals surface area contributed by atoms with Crippen LogP contribution in [0.25, 0.3) is 0 Å². The highest BCUT2D eigenvalue weighted by molar-refractivity contribution is 5.94. The first-order chi connectivity index (χ1) is 11.8. The van der Waals surface area contributed by atoms with Crippen molar-refractivity contribution in [2.45, 2.75) is 40.2 Å². The number of piperazine rings is 1. The first-order valence-corrected chi connectivity index (χ1v) is 8.51. The Balaban J connectivity index is 0.00000277. The number of rotatable bonds is 2. The molecular formula is C20H30N2O3. The number of ether oxygens (including phenoxy) is 1. The molecule has 1 fully saturated rings. The van der Waals surface area contributed by atoms with E-state index in [1.165, 1.54) is 0 Å². The van der Waals surface area contributed by atoms with Gasteiger partial charge in [-0.1, -0.05) is 45.1 Å². The van der Waals surface area contributed by atoms with Crippen molar-refractivity contribution >= 4 is 12.0 Å². The summed E-state index contributed by atoms with van der Waals surface area (Å²) in [6.07, 6.45) is 4.50. The van der Waals surface area contributed by atoms with Crippen molar-refractivity contribution in [2.24, 2.45) is 0 Å². The Hall–Kier alpha value is -2.48. The van der Waals surface area contributed by atoms with Gasteiger partial charge in [0.2, 0.25) is 0 Å². The number of hydrogen-bond donors (Lipinski definition) is 0. The minimum Gasteiger partial charge on any atom is -0.444 e. The summed E-state index contributed by atoms with van der Waals surface area (Å²) < 4.78 is 5.32. The molecule has 5 heteroatoms. The van der Waals surface area contributed by atoms with E-state index in [4.69, 9.17) is 4.74 Å². The smallest absolute Gasteiger partial charge is 0.410 e. The summed E-state index contributed by atoms with van der Waals surface area (Å²) in [6.45, 7) is 18.5. The van der Waals surface area contributed by atoms with E-state index in [1.54, 1.807) is 28.0 Å². The molecule has 25 heavy (non-hydrogen) atoms. The fourth-order valence-electron chi connectivity index (χ4n) is 1.91. The van der Waals surface area contributed by atoms with Gasteiger partial charge in [-0.05, 0) is 26.8 Å². The topological polar surface area (TPSA) is 49.9 Å². The van der Waals surface area contributed by atoms with Gasteiger partial charge in [-0.25, -0.2) is 4.79 Å². The Morgan fingerprint density at radius 3 is 1.96 bits per heavy atom. The Bertz CT molecular complexity index is 566. The van der Waals surface area contributed by atoms with Crippen molar-refractivity contribution in [1.82, 2.24) is 9.80 Å². The van der Waals surface area contributed by atoms with Gasteiger partial charge in [-0.2, -0.15) is 0 Å². The van der Waals surface area contributed by atoms with Crippen molar-refractivity contribution in [3.63, 3.8) is 0 Å². The van der Waals surface area contributed by atoms with Crippen molar-refractivity contribution in [1.29, 1.82) is 0 Å². The molecule has 1 aliphatic heterocycles. The van der Waals surface area contributed by atoms with Crippen molar-refractivity contribution < 1.29 is 14.3 Å². The third-order valence-electron chi connectivity index (χ3n) is 3.05. The number of nitrogens with zero attached hydrogens (tertiary/aromatic N) is 2. The number of carbonyl (C=O) groups excluding carboxylic acids is 2. The van der Waals surface area contributed by atoms with E-state index in [1.807, 2.05) is 34.6 Å². The fraction of sp³-hybridized carbons (Fsp3) is 0.500. The minimum absolute atomic E-state index is 0.259. The molecule has 1 saturated heterocycles. The number of carbonyl (C=O) groups is 2. The summed E-state index contributed by atoms with van der Waals surface area (Å²) in [4.78, 5) is 27.3. The van der Waals surface area contributed by atoms with Crippen LogP contribution in [0.5, 0.6) is 0 Å². The number of amides is 2. The van der Waals surface area contributed by atoms with Gasteiger partial charge in [-0.15, -0.1) is 0 Å². The molecule has 0 aromatic heterocycles. The van der Waals surface area contributed by atoms with Crippen LogP contribution in [0.3, 0.4) is 0 Å². The summed E-state index contributed by atoms with van der Waals surface area (Å²) in [6, 6.07) is 0. The van der Waals surface area contributed by atoms with E-state index in [9.17, 15) is 9.59 Å². The zero-order valence-electron chi connectivity index (χ0n) is 16.1. The zero-order chi connectivity index (χ0) is 19.5. The summed E-state index contributed by atoms with van der Waals surface area (Å²) in [7, 11) is 0. The van der Waals surface area contributed by atoms with Crippen LogP contribution in [0.15, 0.2) is 37.0 Å². The van der Waals surface area contributed by atoms with E-state index in [0.717, 1.165) is 0 Å². The highest BCUT2D eigenvalue weighted by atomic mass is 16.6. The third-order valence-corrected chi connectivity index (χ3v) is 3.05. The summed E-state index contributed by atoms with van der Waals surface area (Å²) >= 11 is 0. The average molecular weight is 346 g/mol. The van der Waals surface area contributed by atoms with Crippen molar-refractivity contribution in [2.75, 3.05) is 26.2 Å². The van der Waals surface area contributed by atoms with Crippen LogP contribution in [-0.2, 0) is 9.53 Å². The van der Waals surface area contributed by atoms with Gasteiger partial charge in [-0.3, -0.25) is 4.79 Å². The molecule has 0 unspecified atom stereocenters. The van der Waals surface area contributed by atoms with E-state index in [2.05, 4.69) is 25.0 Å². The zero-order valence-corrected chi connectivity index (χ0v) is 16.1. The Morgan fingerprint density at radius 1 is 1.00 bits per heavy atom. The first kappa shape index (κ1) is 22.5. The second-order valence-corrected chi connectivity index (χ2v) is 6.07. The van der Waals surface area contributed by atoms with Crippen LogP contribution in [0, 0.1) is 11.8 Å². The van der Waals surface area contributed by atoms with Gasteiger partial charge in [0.1, 0.15) is 5.60 Å². The monoisotopic (exact) mass is 346 g/mol. The summed E-state index contributed by atoms with van der Waals surface area (Å²) in [5, 5.41) is 0. The van der Waals surface area contributed by atoms with Gasteiger partial charge in [0.25, 0.3) is 5.91 Å². The van der Waals surface area contributed by atoms with Gasteiger partial charge < -0.3 is 14.5 Å². The average Bonchev–Trinajstić information content (AvgIpc) is 2.58. The Labute approximate surface area is 152 Å². The molecular weight excluding hydrogens is 316 g/mol. The molecule has 0 spiro atoms. The Morgan fingerprint density at radius 2 is 1.52 bits per heavy atom. The molecule has 0 atom stereocenters. The molecule has 0 aromatic carbocycles. The van der Waals surface area contributed by atoms with Crippen molar-refractivity contribution in [3.8, 4) is 11.8 Å². The highest BCUT2D eigenvalue weighted by Crippen LogP contribution is 2.11. The molecule has 1 heterocycles. The van der Waals surface area contributed by atoms with Crippen LogP contribution < -0.4 is 0 Å². The second-order valence-electron chi connectivity index (χ2n) is 6.07. The van der Waals surface area contributed by atoms with E-state index < -0.39 is 5.60 Å². The van der Waals surface area contributed by atoms with Crippen LogP contribution in [0.2, 0.25) is 0 Å². The molecule has 0 aromatic rings. The second kappa shape index (κ2) is 11.1. The van der Waals surface area contributed by atoms with Crippen molar-refractivity contribution in [3.05, 3.63) is 37.0 Å². The molecule has 0 saturated carbocycles. The predicted octanol–water partition coefficient (Wildman–Crippen LogP) is 3.39. The maximum atomic E-state index is 12.1. The van der Waals surface area contributed by atoms with Crippen LogP contribution in [-0.4, -0.2) is 53.6 Å². The molecule has 5 nitrogen and oxygen atoms in total. The SMILES string of the molecule is C=C/C=C(/C#CC(=O)N1CCN(C(=O)OC(C)(C)C)CC1)C=C.CC. The largest absolute Gasteiger partial charge is 0.444 e. The standard InChI is InChI=1S/C18H24N2O3.C2H6/c1-6-8-15(7-2)9-10-16(21)19-11-13-20(14-12-19)17(22)23-18(3,4)5;1-2/h6-8H,1-2,11-14H2,3-5H3;1-2H3/b15-8+;. The molecule has 2 amide bonds. The maximum Gasteiger partial charge on any atom is 0.410 e. The first-order valence-electron chi connectivity index (χ1n) is 8.51. The quantitative estimate of drug-likeness (QED) is 0.569. The maximum absolute atomic E-state index is 12.1. The molecule has 0 bridgehead atoms. The summed E-state index contributed by atoms with van der Waals surface area (Å²) in [5.74, 6) is 5.08.